The molecule has 0 saturated carbocycles. The molecule has 5 nitrogen and oxygen atoms in total. The highest BCUT2D eigenvalue weighted by Crippen LogP contribution is 2.40. The number of nitrogens with one attached hydrogen (secondary N) is 1. The highest BCUT2D eigenvalue weighted by molar-refractivity contribution is 5.89. The van der Waals surface area contributed by atoms with Gasteiger partial charge >= 0.3 is 0 Å². The molecule has 0 radical (unpaired) electrons. The Morgan fingerprint density at radius 3 is 2.97 bits per heavy atom. The van der Waals surface area contributed by atoms with Crippen LogP contribution in [0, 0.1) is 11.6 Å². The van der Waals surface area contributed by atoms with Crippen LogP contribution in [0.15, 0.2) is 36.5 Å². The van der Waals surface area contributed by atoms with Crippen LogP contribution in [0.3, 0.4) is 0 Å². The van der Waals surface area contributed by atoms with Gasteiger partial charge in [-0.15, -0.1) is 0 Å². The van der Waals surface area contributed by atoms with Crippen molar-refractivity contribution in [3.8, 4) is 5.75 Å². The number of nitrogens with zero attached hydrogens (tertiary/aromatic N) is 3. The minimum absolute atomic E-state index is 0.0370. The van der Waals surface area contributed by atoms with E-state index in [9.17, 15) is 8.78 Å². The number of hydrogen-bond acceptors (Lipinski definition) is 5. The Labute approximate surface area is 167 Å². The molecule has 150 valence electrons. The van der Waals surface area contributed by atoms with E-state index in [1.807, 2.05) is 19.1 Å². The number of fused-ring (bicyclic) bond motifs is 5. The molecule has 2 atom stereocenters. The van der Waals surface area contributed by atoms with Gasteiger partial charge in [0.2, 0.25) is 0 Å². The summed E-state index contributed by atoms with van der Waals surface area (Å²) in [5.74, 6) is 0.727. The van der Waals surface area contributed by atoms with Crippen LogP contribution >= 0.6 is 0 Å². The molecule has 1 aromatic carbocycles. The number of ether oxygens (including phenoxy) is 1. The van der Waals surface area contributed by atoms with Gasteiger partial charge in [-0.2, -0.15) is 0 Å². The summed E-state index contributed by atoms with van der Waals surface area (Å²) in [7, 11) is 0. The van der Waals surface area contributed by atoms with E-state index in [-0.39, 0.29) is 17.9 Å². The lowest BCUT2D eigenvalue weighted by atomic mass is 10.0. The first-order valence-corrected chi connectivity index (χ1v) is 10.0. The monoisotopic (exact) mass is 396 g/mol. The molecule has 2 bridgehead atoms. The van der Waals surface area contributed by atoms with Gasteiger partial charge in [0.05, 0.1) is 24.4 Å². The highest BCUT2D eigenvalue weighted by atomic mass is 19.1. The van der Waals surface area contributed by atoms with Gasteiger partial charge < -0.3 is 15.0 Å². The molecule has 7 heteroatoms. The van der Waals surface area contributed by atoms with E-state index < -0.39 is 5.82 Å². The van der Waals surface area contributed by atoms with Gasteiger partial charge in [0.25, 0.3) is 0 Å². The molecule has 0 unspecified atom stereocenters. The third kappa shape index (κ3) is 3.24. The third-order valence-corrected chi connectivity index (χ3v) is 5.73. The zero-order valence-corrected chi connectivity index (χ0v) is 16.2. The summed E-state index contributed by atoms with van der Waals surface area (Å²) in [5, 5.41) is 3.24. The summed E-state index contributed by atoms with van der Waals surface area (Å²) >= 11 is 0. The molecule has 5 rings (SSSR count). The van der Waals surface area contributed by atoms with Gasteiger partial charge in [0.1, 0.15) is 28.6 Å². The number of rotatable bonds is 0. The second-order valence-corrected chi connectivity index (χ2v) is 7.73. The maximum Gasteiger partial charge on any atom is 0.166 e. The van der Waals surface area contributed by atoms with Crippen molar-refractivity contribution in [2.45, 2.75) is 38.3 Å². The number of aromatic nitrogens is 2. The van der Waals surface area contributed by atoms with Crippen LogP contribution in [0.25, 0.3) is 11.0 Å². The number of hydrogen-bond donors (Lipinski definition) is 1. The van der Waals surface area contributed by atoms with Gasteiger partial charge in [0, 0.05) is 24.6 Å². The summed E-state index contributed by atoms with van der Waals surface area (Å²) in [5.41, 5.74) is 2.35. The average molecular weight is 396 g/mol. The summed E-state index contributed by atoms with van der Waals surface area (Å²) < 4.78 is 34.7. The van der Waals surface area contributed by atoms with Crippen molar-refractivity contribution in [1.29, 1.82) is 0 Å². The predicted molar refractivity (Wildman–Crippen MR) is 108 cm³/mol. The van der Waals surface area contributed by atoms with Crippen molar-refractivity contribution in [2.24, 2.45) is 0 Å². The maximum absolute atomic E-state index is 14.6. The molecule has 4 heterocycles. The van der Waals surface area contributed by atoms with Crippen molar-refractivity contribution in [3.63, 3.8) is 0 Å². The maximum atomic E-state index is 14.6. The van der Waals surface area contributed by atoms with Crippen molar-refractivity contribution in [1.82, 2.24) is 9.97 Å². The van der Waals surface area contributed by atoms with Crippen LogP contribution in [0.1, 0.15) is 37.8 Å². The fourth-order valence-electron chi connectivity index (χ4n) is 4.27. The lowest BCUT2D eigenvalue weighted by Crippen LogP contribution is -2.24. The number of anilines is 2. The lowest BCUT2D eigenvalue weighted by molar-refractivity contribution is 0.299. The van der Waals surface area contributed by atoms with Crippen molar-refractivity contribution in [2.75, 3.05) is 23.4 Å². The first-order chi connectivity index (χ1) is 14.1. The van der Waals surface area contributed by atoms with E-state index in [2.05, 4.69) is 15.2 Å². The Morgan fingerprint density at radius 1 is 1.17 bits per heavy atom. The van der Waals surface area contributed by atoms with Crippen molar-refractivity contribution >= 4 is 22.5 Å². The molecule has 1 N–H and O–H groups in total. The first-order valence-electron chi connectivity index (χ1n) is 10.0. The zero-order chi connectivity index (χ0) is 20.0. The molecule has 29 heavy (non-hydrogen) atoms. The minimum atomic E-state index is -0.423. The van der Waals surface area contributed by atoms with E-state index in [4.69, 9.17) is 9.72 Å². The van der Waals surface area contributed by atoms with Crippen LogP contribution < -0.4 is 15.0 Å². The van der Waals surface area contributed by atoms with Gasteiger partial charge in [-0.05, 0) is 50.1 Å². The van der Waals surface area contributed by atoms with E-state index in [1.165, 1.54) is 12.3 Å². The van der Waals surface area contributed by atoms with Crippen LogP contribution in [0.2, 0.25) is 0 Å². The van der Waals surface area contributed by atoms with E-state index in [0.717, 1.165) is 30.8 Å². The molecular formula is C22H22F2N4O. The topological polar surface area (TPSA) is 50.3 Å². The number of pyridine rings is 2. The molecule has 0 amide bonds. The van der Waals surface area contributed by atoms with Gasteiger partial charge in [-0.3, -0.25) is 4.98 Å². The standard InChI is InChI=1S/C22H22F2N4O/c1-13-8-10-29-19-6-4-14(23)11-15(19)18-3-2-9-28(18)20-7-5-17-22(27-20)21(26-13)16(24)12-25-17/h4-7,11-13,18,26H,2-3,8-10H2,1H3/t13-,18+/m0/s1. The molecule has 2 aliphatic heterocycles. The van der Waals surface area contributed by atoms with E-state index in [1.54, 1.807) is 12.1 Å². The Bertz CT molecular complexity index is 1070. The quantitative estimate of drug-likeness (QED) is 0.590. The fraction of sp³-hybridized carbons (Fsp3) is 0.364. The summed E-state index contributed by atoms with van der Waals surface area (Å²) in [6, 6.07) is 8.38. The molecule has 0 spiro atoms. The molecule has 1 fully saturated rings. The second-order valence-electron chi connectivity index (χ2n) is 7.73. The Kier molecular flexibility index (Phi) is 4.45. The normalized spacial score (nSPS) is 21.4. The molecule has 2 aromatic heterocycles. The predicted octanol–water partition coefficient (Wildman–Crippen LogP) is 4.83. The van der Waals surface area contributed by atoms with Crippen LogP contribution in [-0.2, 0) is 0 Å². The minimum Gasteiger partial charge on any atom is -0.493 e. The molecule has 1 saturated heterocycles. The molecule has 2 aliphatic rings. The van der Waals surface area contributed by atoms with Crippen molar-refractivity contribution < 1.29 is 13.5 Å². The zero-order valence-electron chi connectivity index (χ0n) is 16.2. The van der Waals surface area contributed by atoms with Gasteiger partial charge in [-0.1, -0.05) is 0 Å². The van der Waals surface area contributed by atoms with Crippen molar-refractivity contribution in [3.05, 3.63) is 53.7 Å². The number of benzene rings is 1. The van der Waals surface area contributed by atoms with E-state index in [0.29, 0.717) is 35.5 Å². The highest BCUT2D eigenvalue weighted by Gasteiger charge is 2.30. The SMILES string of the molecule is C[C@H]1CCOc2ccc(F)cc2[C@H]2CCCN2c2ccc3ncc(F)c(c3n2)N1. The molecular weight excluding hydrogens is 374 g/mol. The third-order valence-electron chi connectivity index (χ3n) is 5.73. The summed E-state index contributed by atoms with van der Waals surface area (Å²) in [4.78, 5) is 11.1. The lowest BCUT2D eigenvalue weighted by Gasteiger charge is -2.27. The average Bonchev–Trinajstić information content (AvgIpc) is 3.20. The molecule has 3 aromatic rings. The first kappa shape index (κ1) is 18.1. The van der Waals surface area contributed by atoms with Crippen LogP contribution in [0.4, 0.5) is 20.3 Å². The summed E-state index contributed by atoms with van der Waals surface area (Å²) in [6.45, 7) is 3.21. The Balaban J connectivity index is 1.69. The Hall–Kier alpha value is -2.96. The second kappa shape index (κ2) is 7.13. The van der Waals surface area contributed by atoms with Gasteiger partial charge in [0.15, 0.2) is 5.82 Å². The largest absolute Gasteiger partial charge is 0.493 e. The van der Waals surface area contributed by atoms with E-state index >= 15 is 0 Å². The summed E-state index contributed by atoms with van der Waals surface area (Å²) in [6.07, 6.45) is 3.73. The Morgan fingerprint density at radius 2 is 2.07 bits per heavy atom. The van der Waals surface area contributed by atoms with Crippen LogP contribution in [0.5, 0.6) is 5.75 Å². The fourth-order valence-corrected chi connectivity index (χ4v) is 4.27. The molecule has 0 aliphatic carbocycles. The van der Waals surface area contributed by atoms with Crippen LogP contribution in [-0.4, -0.2) is 29.2 Å². The smallest absolute Gasteiger partial charge is 0.166 e. The van der Waals surface area contributed by atoms with Gasteiger partial charge in [-0.25, -0.2) is 13.8 Å². The number of halogens is 2.